The summed E-state index contributed by atoms with van der Waals surface area (Å²) in [7, 11) is 0. The molecule has 0 saturated carbocycles. The van der Waals surface area contributed by atoms with Crippen LogP contribution in [0.5, 0.6) is 0 Å². The molecule has 0 bridgehead atoms. The van der Waals surface area contributed by atoms with E-state index in [2.05, 4.69) is 93.8 Å². The van der Waals surface area contributed by atoms with Crippen molar-refractivity contribution >= 4 is 6.08 Å². The molecule has 27 heavy (non-hydrogen) atoms. The van der Waals surface area contributed by atoms with Crippen molar-refractivity contribution in [3.63, 3.8) is 0 Å². The molecule has 0 spiro atoms. The first-order valence-corrected chi connectivity index (χ1v) is 9.91. The second-order valence-electron chi connectivity index (χ2n) is 7.17. The van der Waals surface area contributed by atoms with E-state index >= 15 is 0 Å². The van der Waals surface area contributed by atoms with Crippen molar-refractivity contribution in [1.29, 1.82) is 0 Å². The lowest BCUT2D eigenvalue weighted by atomic mass is 9.93. The summed E-state index contributed by atoms with van der Waals surface area (Å²) in [6, 6.07) is 19.4. The van der Waals surface area contributed by atoms with Crippen LogP contribution in [0, 0.1) is 0 Å². The Morgan fingerprint density at radius 2 is 1.56 bits per heavy atom. The van der Waals surface area contributed by atoms with Gasteiger partial charge in [0.25, 0.3) is 0 Å². The summed E-state index contributed by atoms with van der Waals surface area (Å²) in [6.07, 6.45) is 9.61. The van der Waals surface area contributed by atoms with Gasteiger partial charge in [-0.15, -0.1) is 0 Å². The Morgan fingerprint density at radius 3 is 2.11 bits per heavy atom. The number of allylic oxidation sites excluding steroid dienone is 5. The van der Waals surface area contributed by atoms with Crippen molar-refractivity contribution in [3.8, 4) is 0 Å². The fourth-order valence-electron chi connectivity index (χ4n) is 3.39. The van der Waals surface area contributed by atoms with E-state index in [-0.39, 0.29) is 0 Å². The molecule has 0 saturated heterocycles. The Bertz CT molecular complexity index is 797. The average Bonchev–Trinajstić information content (AvgIpc) is 2.67. The predicted octanol–water partition coefficient (Wildman–Crippen LogP) is 7.90. The summed E-state index contributed by atoms with van der Waals surface area (Å²) in [4.78, 5) is 0. The fourth-order valence-corrected chi connectivity index (χ4v) is 3.39. The monoisotopic (exact) mass is 356 g/mol. The highest BCUT2D eigenvalue weighted by Gasteiger charge is 2.06. The van der Waals surface area contributed by atoms with E-state index in [4.69, 9.17) is 0 Å². The van der Waals surface area contributed by atoms with Crippen LogP contribution in [0.1, 0.15) is 56.2 Å². The van der Waals surface area contributed by atoms with Crippen LogP contribution in [-0.4, -0.2) is 0 Å². The van der Waals surface area contributed by atoms with Crippen LogP contribution in [0.3, 0.4) is 0 Å². The van der Waals surface area contributed by atoms with Crippen LogP contribution in [-0.2, 0) is 6.42 Å². The average molecular weight is 357 g/mol. The van der Waals surface area contributed by atoms with Gasteiger partial charge in [0.15, 0.2) is 0 Å². The maximum Gasteiger partial charge on any atom is -0.00256 e. The van der Waals surface area contributed by atoms with Crippen LogP contribution in [0.15, 0.2) is 96.6 Å². The molecule has 140 valence electrons. The molecule has 2 aromatic carbocycles. The molecule has 0 aliphatic carbocycles. The first kappa shape index (κ1) is 20.7. The highest BCUT2D eigenvalue weighted by atomic mass is 14.1. The van der Waals surface area contributed by atoms with Gasteiger partial charge in [-0.1, -0.05) is 105 Å². The molecule has 0 radical (unpaired) electrons. The fraction of sp³-hybridized carbons (Fsp3) is 0.259. The molecule has 0 aliphatic rings. The maximum absolute atomic E-state index is 4.28. The lowest BCUT2D eigenvalue weighted by Gasteiger charge is -2.12. The third kappa shape index (κ3) is 6.25. The van der Waals surface area contributed by atoms with Crippen LogP contribution in [0.25, 0.3) is 6.08 Å². The molecule has 0 atom stereocenters. The minimum absolute atomic E-state index is 0.666. The van der Waals surface area contributed by atoms with Gasteiger partial charge in [-0.05, 0) is 59.9 Å². The normalized spacial score (nSPS) is 11.9. The second-order valence-corrected chi connectivity index (χ2v) is 7.17. The van der Waals surface area contributed by atoms with E-state index in [0.29, 0.717) is 5.92 Å². The van der Waals surface area contributed by atoms with Crippen molar-refractivity contribution in [2.24, 2.45) is 0 Å². The topological polar surface area (TPSA) is 0 Å². The Morgan fingerprint density at radius 1 is 0.926 bits per heavy atom. The van der Waals surface area contributed by atoms with Gasteiger partial charge in [-0.3, -0.25) is 0 Å². The minimum Gasteiger partial charge on any atom is -0.0955 e. The van der Waals surface area contributed by atoms with Gasteiger partial charge in [0.05, 0.1) is 0 Å². The molecule has 0 amide bonds. The molecule has 0 heterocycles. The van der Waals surface area contributed by atoms with Gasteiger partial charge in [0.1, 0.15) is 0 Å². The van der Waals surface area contributed by atoms with E-state index in [1.165, 1.54) is 29.5 Å². The standard InChI is InChI=1S/C27H32/c1-6-25(7-2)26-18-16-23(17-19-26)14-11-15-27(21(3)4)22(5)20-24-12-9-8-10-13-24/h8-19,25H,3,5-7,20H2,1-2,4H3/b14-11+,27-15-. The van der Waals surface area contributed by atoms with E-state index in [0.717, 1.165) is 23.1 Å². The van der Waals surface area contributed by atoms with Gasteiger partial charge in [-0.2, -0.15) is 0 Å². The number of hydrogen-bond acceptors (Lipinski definition) is 0. The van der Waals surface area contributed by atoms with Crippen LogP contribution >= 0.6 is 0 Å². The minimum atomic E-state index is 0.666. The molecule has 0 N–H and O–H groups in total. The van der Waals surface area contributed by atoms with Gasteiger partial charge in [0, 0.05) is 0 Å². The van der Waals surface area contributed by atoms with Gasteiger partial charge >= 0.3 is 0 Å². The quantitative estimate of drug-likeness (QED) is 0.400. The van der Waals surface area contributed by atoms with E-state index in [1.54, 1.807) is 0 Å². The molecule has 0 aliphatic heterocycles. The number of hydrogen-bond donors (Lipinski definition) is 0. The summed E-state index contributed by atoms with van der Waals surface area (Å²) in [5.74, 6) is 0.666. The lowest BCUT2D eigenvalue weighted by Crippen LogP contribution is -1.95. The maximum atomic E-state index is 4.28. The number of rotatable bonds is 9. The molecule has 0 heteroatoms. The Kier molecular flexibility index (Phi) is 8.07. The Balaban J connectivity index is 2.09. The first-order chi connectivity index (χ1) is 13.0. The molecule has 0 unspecified atom stereocenters. The first-order valence-electron chi connectivity index (χ1n) is 9.91. The SMILES string of the molecule is C=C(C)/C(=C/C=C/c1ccc(C(CC)CC)cc1)C(=C)Cc1ccccc1. The summed E-state index contributed by atoms with van der Waals surface area (Å²) < 4.78 is 0. The lowest BCUT2D eigenvalue weighted by molar-refractivity contribution is 0.642. The zero-order chi connectivity index (χ0) is 19.6. The van der Waals surface area contributed by atoms with Crippen molar-refractivity contribution in [1.82, 2.24) is 0 Å². The largest absolute Gasteiger partial charge is 0.0955 e. The highest BCUT2D eigenvalue weighted by molar-refractivity contribution is 5.55. The summed E-state index contributed by atoms with van der Waals surface area (Å²) >= 11 is 0. The Hall–Kier alpha value is -2.60. The molecule has 2 rings (SSSR count). The van der Waals surface area contributed by atoms with Crippen LogP contribution in [0.2, 0.25) is 0 Å². The smallest absolute Gasteiger partial charge is 0.00256 e. The third-order valence-corrected chi connectivity index (χ3v) is 5.05. The third-order valence-electron chi connectivity index (χ3n) is 5.05. The molecular formula is C27H32. The summed E-state index contributed by atoms with van der Waals surface area (Å²) in [6.45, 7) is 15.0. The zero-order valence-corrected chi connectivity index (χ0v) is 17.0. The van der Waals surface area contributed by atoms with Crippen LogP contribution < -0.4 is 0 Å². The van der Waals surface area contributed by atoms with Crippen LogP contribution in [0.4, 0.5) is 0 Å². The number of benzene rings is 2. The van der Waals surface area contributed by atoms with E-state index in [9.17, 15) is 0 Å². The summed E-state index contributed by atoms with van der Waals surface area (Å²) in [5.41, 5.74) is 7.20. The van der Waals surface area contributed by atoms with Gasteiger partial charge < -0.3 is 0 Å². The summed E-state index contributed by atoms with van der Waals surface area (Å²) in [5, 5.41) is 0. The molecule has 0 nitrogen and oxygen atoms in total. The van der Waals surface area contributed by atoms with Gasteiger partial charge in [-0.25, -0.2) is 0 Å². The van der Waals surface area contributed by atoms with Crippen molar-refractivity contribution in [2.75, 3.05) is 0 Å². The zero-order valence-electron chi connectivity index (χ0n) is 17.0. The second kappa shape index (κ2) is 10.5. The Labute approximate surface area is 165 Å². The van der Waals surface area contributed by atoms with E-state index in [1.807, 2.05) is 13.0 Å². The molecule has 0 aromatic heterocycles. The molecule has 0 fully saturated rings. The van der Waals surface area contributed by atoms with Crippen molar-refractivity contribution in [3.05, 3.63) is 113 Å². The predicted molar refractivity (Wildman–Crippen MR) is 121 cm³/mol. The molecule has 2 aromatic rings. The van der Waals surface area contributed by atoms with Crippen molar-refractivity contribution in [2.45, 2.75) is 46.0 Å². The van der Waals surface area contributed by atoms with Gasteiger partial charge in [0.2, 0.25) is 0 Å². The van der Waals surface area contributed by atoms with E-state index < -0.39 is 0 Å². The molecular weight excluding hydrogens is 324 g/mol. The van der Waals surface area contributed by atoms with Crippen molar-refractivity contribution < 1.29 is 0 Å². The highest BCUT2D eigenvalue weighted by Crippen LogP contribution is 2.24.